The van der Waals surface area contributed by atoms with E-state index in [2.05, 4.69) is 4.98 Å². The zero-order valence-electron chi connectivity index (χ0n) is 12.3. The van der Waals surface area contributed by atoms with Gasteiger partial charge in [-0.15, -0.1) is 0 Å². The van der Waals surface area contributed by atoms with Crippen molar-refractivity contribution in [3.05, 3.63) is 29.6 Å². The molecule has 21 heavy (non-hydrogen) atoms. The molecule has 0 spiro atoms. The Morgan fingerprint density at radius 2 is 2.19 bits per heavy atom. The van der Waals surface area contributed by atoms with Crippen LogP contribution in [0.5, 0.6) is 0 Å². The highest BCUT2D eigenvalue weighted by molar-refractivity contribution is 5.67. The third-order valence-corrected chi connectivity index (χ3v) is 2.54. The molecule has 0 aliphatic rings. The van der Waals surface area contributed by atoms with Gasteiger partial charge in [-0.25, -0.2) is 4.79 Å². The molecule has 0 aromatic carbocycles. The molecule has 0 saturated heterocycles. The molecule has 7 nitrogen and oxygen atoms in total. The lowest BCUT2D eigenvalue weighted by Gasteiger charge is -2.28. The van der Waals surface area contributed by atoms with Crippen LogP contribution in [0.15, 0.2) is 18.3 Å². The Morgan fingerprint density at radius 1 is 1.52 bits per heavy atom. The van der Waals surface area contributed by atoms with Crippen LogP contribution >= 0.6 is 0 Å². The van der Waals surface area contributed by atoms with Crippen LogP contribution in [0, 0.1) is 11.3 Å². The number of hydroxylamine groups is 2. The average molecular weight is 293 g/mol. The fourth-order valence-corrected chi connectivity index (χ4v) is 1.62. The molecule has 0 aliphatic heterocycles. The van der Waals surface area contributed by atoms with E-state index < -0.39 is 17.7 Å². The van der Waals surface area contributed by atoms with Crippen molar-refractivity contribution in [1.82, 2.24) is 10.0 Å². The highest BCUT2D eigenvalue weighted by Gasteiger charge is 2.29. The van der Waals surface area contributed by atoms with Gasteiger partial charge in [0.15, 0.2) is 0 Å². The summed E-state index contributed by atoms with van der Waals surface area (Å²) < 4.78 is 5.07. The number of aliphatic hydroxyl groups excluding tert-OH is 1. The maximum atomic E-state index is 11.9. The molecule has 1 heterocycles. The number of amides is 1. The summed E-state index contributed by atoms with van der Waals surface area (Å²) in [6.07, 6.45) is 0.504. The van der Waals surface area contributed by atoms with E-state index in [-0.39, 0.29) is 13.0 Å². The number of nitrogens with zero attached hydrogens (tertiary/aromatic N) is 3. The van der Waals surface area contributed by atoms with Crippen LogP contribution in [0.1, 0.15) is 44.5 Å². The van der Waals surface area contributed by atoms with E-state index in [9.17, 15) is 10.0 Å². The first-order chi connectivity index (χ1) is 9.78. The maximum Gasteiger partial charge on any atom is 0.434 e. The van der Waals surface area contributed by atoms with Crippen LogP contribution in [0.3, 0.4) is 0 Å². The first-order valence-corrected chi connectivity index (χ1v) is 6.46. The zero-order chi connectivity index (χ0) is 16.0. The summed E-state index contributed by atoms with van der Waals surface area (Å²) in [7, 11) is 0. The van der Waals surface area contributed by atoms with Gasteiger partial charge in [-0.05, 0) is 39.3 Å². The average Bonchev–Trinajstić information content (AvgIpc) is 2.42. The minimum absolute atomic E-state index is 0.0919. The summed E-state index contributed by atoms with van der Waals surface area (Å²) in [5, 5.41) is 28.2. The molecule has 1 amide bonds. The molecule has 1 rings (SSSR count). The van der Waals surface area contributed by atoms with Gasteiger partial charge in [-0.3, -0.25) is 10.2 Å². The maximum absolute atomic E-state index is 11.9. The Bertz CT molecular complexity index is 517. The molecule has 0 saturated carbocycles. The number of hydrogen-bond donors (Lipinski definition) is 2. The Labute approximate surface area is 123 Å². The summed E-state index contributed by atoms with van der Waals surface area (Å²) in [6, 6.07) is 4.12. The number of nitriles is 1. The molecule has 7 heteroatoms. The van der Waals surface area contributed by atoms with Gasteiger partial charge in [-0.1, -0.05) is 0 Å². The Kier molecular flexibility index (Phi) is 5.64. The SMILES string of the molecule is CC(C)(C)OC(=O)N(O)[C@@H](CCO)c1ccc(C#N)cn1. The number of ether oxygens (including phenoxy) is 1. The lowest BCUT2D eigenvalue weighted by Crippen LogP contribution is -2.37. The molecule has 1 aromatic rings. The highest BCUT2D eigenvalue weighted by atomic mass is 16.6. The quantitative estimate of drug-likeness (QED) is 0.649. The number of rotatable bonds is 4. The van der Waals surface area contributed by atoms with Crippen molar-refractivity contribution < 1.29 is 19.8 Å². The van der Waals surface area contributed by atoms with Crippen molar-refractivity contribution in [2.75, 3.05) is 6.61 Å². The van der Waals surface area contributed by atoms with Gasteiger partial charge in [0.25, 0.3) is 0 Å². The van der Waals surface area contributed by atoms with Gasteiger partial charge < -0.3 is 9.84 Å². The topological polar surface area (TPSA) is 107 Å². The van der Waals surface area contributed by atoms with E-state index in [4.69, 9.17) is 15.1 Å². The third kappa shape index (κ3) is 5.02. The van der Waals surface area contributed by atoms with Gasteiger partial charge in [-0.2, -0.15) is 10.3 Å². The van der Waals surface area contributed by atoms with Crippen molar-refractivity contribution in [3.8, 4) is 6.07 Å². The van der Waals surface area contributed by atoms with Crippen LogP contribution in [-0.4, -0.2) is 38.7 Å². The Hall–Kier alpha value is -2.17. The monoisotopic (exact) mass is 293 g/mol. The second kappa shape index (κ2) is 7.02. The van der Waals surface area contributed by atoms with Gasteiger partial charge in [0.1, 0.15) is 17.7 Å². The van der Waals surface area contributed by atoms with Crippen LogP contribution in [0.4, 0.5) is 4.79 Å². The summed E-state index contributed by atoms with van der Waals surface area (Å²) in [5.41, 5.74) is -0.0282. The number of carbonyl (C=O) groups is 1. The van der Waals surface area contributed by atoms with Crippen molar-refractivity contribution in [3.63, 3.8) is 0 Å². The molecule has 2 N–H and O–H groups in total. The van der Waals surface area contributed by atoms with Crippen molar-refractivity contribution in [2.45, 2.75) is 38.8 Å². The molecular weight excluding hydrogens is 274 g/mol. The van der Waals surface area contributed by atoms with Gasteiger partial charge in [0, 0.05) is 12.8 Å². The number of pyridine rings is 1. The molecule has 0 fully saturated rings. The fourth-order valence-electron chi connectivity index (χ4n) is 1.62. The normalized spacial score (nSPS) is 12.4. The molecule has 1 atom stereocenters. The minimum Gasteiger partial charge on any atom is -0.442 e. The van der Waals surface area contributed by atoms with E-state index in [1.807, 2.05) is 6.07 Å². The molecule has 114 valence electrons. The lowest BCUT2D eigenvalue weighted by molar-refractivity contribution is -0.126. The van der Waals surface area contributed by atoms with Crippen molar-refractivity contribution >= 4 is 6.09 Å². The number of hydrogen-bond acceptors (Lipinski definition) is 6. The molecule has 0 bridgehead atoms. The largest absolute Gasteiger partial charge is 0.442 e. The lowest BCUT2D eigenvalue weighted by atomic mass is 10.1. The fraction of sp³-hybridized carbons (Fsp3) is 0.500. The van der Waals surface area contributed by atoms with Crippen LogP contribution in [0.25, 0.3) is 0 Å². The summed E-state index contributed by atoms with van der Waals surface area (Å²) in [5.74, 6) is 0. The van der Waals surface area contributed by atoms with E-state index in [1.54, 1.807) is 20.8 Å². The molecule has 0 radical (unpaired) electrons. The van der Waals surface area contributed by atoms with Crippen LogP contribution < -0.4 is 0 Å². The van der Waals surface area contributed by atoms with Gasteiger partial charge in [0.05, 0.1) is 11.3 Å². The predicted molar refractivity (Wildman–Crippen MR) is 73.3 cm³/mol. The Morgan fingerprint density at radius 3 is 2.62 bits per heavy atom. The summed E-state index contributed by atoms with van der Waals surface area (Å²) >= 11 is 0. The van der Waals surface area contributed by atoms with Crippen LogP contribution in [0.2, 0.25) is 0 Å². The second-order valence-electron chi connectivity index (χ2n) is 5.44. The summed E-state index contributed by atoms with van der Waals surface area (Å²) in [6.45, 7) is 4.80. The van der Waals surface area contributed by atoms with E-state index in [0.29, 0.717) is 16.3 Å². The number of aromatic nitrogens is 1. The first-order valence-electron chi connectivity index (χ1n) is 6.46. The van der Waals surface area contributed by atoms with Gasteiger partial charge in [0.2, 0.25) is 0 Å². The third-order valence-electron chi connectivity index (χ3n) is 2.54. The van der Waals surface area contributed by atoms with E-state index in [1.165, 1.54) is 18.3 Å². The number of aliphatic hydroxyl groups is 1. The number of carbonyl (C=O) groups excluding carboxylic acids is 1. The molecular formula is C14H19N3O4. The zero-order valence-corrected chi connectivity index (χ0v) is 12.3. The molecule has 0 aliphatic carbocycles. The van der Waals surface area contributed by atoms with Gasteiger partial charge >= 0.3 is 6.09 Å². The first kappa shape index (κ1) is 16.9. The molecule has 1 aromatic heterocycles. The molecule has 0 unspecified atom stereocenters. The van der Waals surface area contributed by atoms with E-state index >= 15 is 0 Å². The second-order valence-corrected chi connectivity index (χ2v) is 5.44. The van der Waals surface area contributed by atoms with Crippen molar-refractivity contribution in [2.24, 2.45) is 0 Å². The Balaban J connectivity index is 2.94. The van der Waals surface area contributed by atoms with E-state index in [0.717, 1.165) is 0 Å². The van der Waals surface area contributed by atoms with Crippen LogP contribution in [-0.2, 0) is 4.74 Å². The summed E-state index contributed by atoms with van der Waals surface area (Å²) in [4.78, 5) is 15.9. The standard InChI is InChI=1S/C14H19N3O4/c1-14(2,3)21-13(19)17(20)12(6-7-18)11-5-4-10(8-15)9-16-11/h4-5,9,12,18,20H,6-7H2,1-3H3/t12-/m0/s1. The van der Waals surface area contributed by atoms with Crippen molar-refractivity contribution in [1.29, 1.82) is 5.26 Å². The highest BCUT2D eigenvalue weighted by Crippen LogP contribution is 2.23. The predicted octanol–water partition coefficient (Wildman–Crippen LogP) is 2.00. The smallest absolute Gasteiger partial charge is 0.434 e. The minimum atomic E-state index is -0.924.